The predicted molar refractivity (Wildman–Crippen MR) is 118 cm³/mol. The molecule has 0 aliphatic carbocycles. The summed E-state index contributed by atoms with van der Waals surface area (Å²) in [5.74, 6) is 0.931. The molecule has 3 aromatic carbocycles. The highest BCUT2D eigenvalue weighted by molar-refractivity contribution is 9.10. The standard InChI is InChI=1S/C22H17BrClN3/c1-27(21-9-5-2-6-17(21)23)22-14-20(15-10-12-16(24)13-11-15)25-18-7-3-4-8-19(18)26-22/h2-13H,14H2,1H3. The van der Waals surface area contributed by atoms with Crippen LogP contribution in [-0.4, -0.2) is 18.6 Å². The fourth-order valence-electron chi connectivity index (χ4n) is 3.03. The van der Waals surface area contributed by atoms with E-state index >= 15 is 0 Å². The third kappa shape index (κ3) is 3.82. The summed E-state index contributed by atoms with van der Waals surface area (Å²) in [5, 5.41) is 0.715. The number of hydrogen-bond acceptors (Lipinski definition) is 3. The normalized spacial score (nSPS) is 13.3. The molecular formula is C22H17BrClN3. The zero-order valence-corrected chi connectivity index (χ0v) is 17.1. The van der Waals surface area contributed by atoms with E-state index in [-0.39, 0.29) is 0 Å². The second-order valence-electron chi connectivity index (χ2n) is 6.27. The fourth-order valence-corrected chi connectivity index (χ4v) is 3.71. The van der Waals surface area contributed by atoms with Gasteiger partial charge < -0.3 is 4.90 Å². The average Bonchev–Trinajstić information content (AvgIpc) is 2.88. The van der Waals surface area contributed by atoms with Crippen molar-refractivity contribution in [3.63, 3.8) is 0 Å². The lowest BCUT2D eigenvalue weighted by atomic mass is 10.1. The summed E-state index contributed by atoms with van der Waals surface area (Å²) in [6, 6.07) is 23.9. The number of halogens is 2. The quantitative estimate of drug-likeness (QED) is 0.433. The summed E-state index contributed by atoms with van der Waals surface area (Å²) >= 11 is 9.70. The predicted octanol–water partition coefficient (Wildman–Crippen LogP) is 6.79. The maximum absolute atomic E-state index is 6.06. The molecule has 0 unspecified atom stereocenters. The van der Waals surface area contributed by atoms with Crippen molar-refractivity contribution in [2.45, 2.75) is 6.42 Å². The molecule has 1 heterocycles. The Morgan fingerprint density at radius 1 is 0.852 bits per heavy atom. The Kier molecular flexibility index (Phi) is 5.10. The number of para-hydroxylation sites is 3. The summed E-state index contributed by atoms with van der Waals surface area (Å²) in [6.45, 7) is 0. The van der Waals surface area contributed by atoms with Gasteiger partial charge in [-0.15, -0.1) is 0 Å². The summed E-state index contributed by atoms with van der Waals surface area (Å²) in [6.07, 6.45) is 0.619. The molecule has 0 N–H and O–H groups in total. The van der Waals surface area contributed by atoms with Crippen LogP contribution in [0.1, 0.15) is 12.0 Å². The van der Waals surface area contributed by atoms with Gasteiger partial charge in [0, 0.05) is 23.0 Å². The third-order valence-electron chi connectivity index (χ3n) is 4.49. The summed E-state index contributed by atoms with van der Waals surface area (Å²) < 4.78 is 1.03. The van der Waals surface area contributed by atoms with Gasteiger partial charge in [0.2, 0.25) is 0 Å². The second kappa shape index (κ2) is 7.67. The van der Waals surface area contributed by atoms with E-state index in [1.807, 2.05) is 73.8 Å². The number of nitrogens with zero attached hydrogens (tertiary/aromatic N) is 3. The average molecular weight is 439 g/mol. The van der Waals surface area contributed by atoms with Crippen molar-refractivity contribution < 1.29 is 0 Å². The summed E-state index contributed by atoms with van der Waals surface area (Å²) in [7, 11) is 2.03. The van der Waals surface area contributed by atoms with Gasteiger partial charge in [-0.05, 0) is 57.9 Å². The lowest BCUT2D eigenvalue weighted by Crippen LogP contribution is -2.28. The molecule has 5 heteroatoms. The van der Waals surface area contributed by atoms with Crippen molar-refractivity contribution in [2.75, 3.05) is 11.9 Å². The van der Waals surface area contributed by atoms with Crippen molar-refractivity contribution in [3.8, 4) is 0 Å². The molecule has 0 aromatic heterocycles. The Labute approximate surface area is 172 Å². The first-order valence-corrected chi connectivity index (χ1v) is 9.77. The highest BCUT2D eigenvalue weighted by Gasteiger charge is 2.19. The number of benzene rings is 3. The topological polar surface area (TPSA) is 28.0 Å². The van der Waals surface area contributed by atoms with Gasteiger partial charge in [0.25, 0.3) is 0 Å². The maximum atomic E-state index is 6.06. The first kappa shape index (κ1) is 18.0. The second-order valence-corrected chi connectivity index (χ2v) is 7.56. The van der Waals surface area contributed by atoms with E-state index in [9.17, 15) is 0 Å². The van der Waals surface area contributed by atoms with E-state index in [2.05, 4.69) is 26.9 Å². The molecular weight excluding hydrogens is 422 g/mol. The highest BCUT2D eigenvalue weighted by Crippen LogP contribution is 2.34. The van der Waals surface area contributed by atoms with Crippen molar-refractivity contribution in [2.24, 2.45) is 9.98 Å². The van der Waals surface area contributed by atoms with Gasteiger partial charge in [-0.25, -0.2) is 4.99 Å². The number of anilines is 1. The molecule has 27 heavy (non-hydrogen) atoms. The van der Waals surface area contributed by atoms with E-state index < -0.39 is 0 Å². The molecule has 0 fully saturated rings. The smallest absolute Gasteiger partial charge is 0.115 e. The molecule has 4 rings (SSSR count). The zero-order chi connectivity index (χ0) is 18.8. The summed E-state index contributed by atoms with van der Waals surface area (Å²) in [4.78, 5) is 11.9. The minimum absolute atomic E-state index is 0.619. The van der Waals surface area contributed by atoms with Crippen LogP contribution in [0.2, 0.25) is 5.02 Å². The molecule has 1 aliphatic heterocycles. The van der Waals surface area contributed by atoms with Crippen molar-refractivity contribution in [1.82, 2.24) is 0 Å². The Morgan fingerprint density at radius 2 is 1.48 bits per heavy atom. The van der Waals surface area contributed by atoms with Crippen LogP contribution < -0.4 is 4.90 Å². The molecule has 134 valence electrons. The van der Waals surface area contributed by atoms with E-state index in [1.165, 1.54) is 0 Å². The van der Waals surface area contributed by atoms with E-state index in [1.54, 1.807) is 0 Å². The van der Waals surface area contributed by atoms with Crippen molar-refractivity contribution >= 4 is 56.1 Å². The molecule has 0 bridgehead atoms. The summed E-state index contributed by atoms with van der Waals surface area (Å²) in [5.41, 5.74) is 4.82. The number of aliphatic imine (C=N–C) groups is 2. The van der Waals surface area contributed by atoms with Gasteiger partial charge in [-0.3, -0.25) is 4.99 Å². The minimum Gasteiger partial charge on any atom is -0.332 e. The molecule has 0 radical (unpaired) electrons. The molecule has 0 spiro atoms. The molecule has 3 nitrogen and oxygen atoms in total. The Balaban J connectivity index is 1.81. The van der Waals surface area contributed by atoms with E-state index in [0.717, 1.165) is 38.6 Å². The van der Waals surface area contributed by atoms with Crippen molar-refractivity contribution in [3.05, 3.63) is 87.9 Å². The monoisotopic (exact) mass is 437 g/mol. The van der Waals surface area contributed by atoms with Crippen LogP contribution in [0.3, 0.4) is 0 Å². The van der Waals surface area contributed by atoms with Gasteiger partial charge >= 0.3 is 0 Å². The largest absolute Gasteiger partial charge is 0.332 e. The van der Waals surface area contributed by atoms with Gasteiger partial charge in [0.15, 0.2) is 0 Å². The first-order valence-electron chi connectivity index (χ1n) is 8.60. The number of fused-ring (bicyclic) bond motifs is 1. The van der Waals surface area contributed by atoms with Crippen molar-refractivity contribution in [1.29, 1.82) is 0 Å². The number of amidine groups is 1. The Hall–Kier alpha value is -2.43. The molecule has 0 amide bonds. The molecule has 3 aromatic rings. The van der Waals surface area contributed by atoms with Crippen LogP contribution in [-0.2, 0) is 0 Å². The van der Waals surface area contributed by atoms with E-state index in [0.29, 0.717) is 11.4 Å². The molecule has 1 aliphatic rings. The van der Waals surface area contributed by atoms with Crippen LogP contribution in [0, 0.1) is 0 Å². The molecule has 0 saturated heterocycles. The Bertz CT molecular complexity index is 1040. The van der Waals surface area contributed by atoms with Crippen LogP contribution in [0.5, 0.6) is 0 Å². The lowest BCUT2D eigenvalue weighted by molar-refractivity contribution is 1.20. The van der Waals surface area contributed by atoms with Crippen LogP contribution in [0.4, 0.5) is 17.1 Å². The van der Waals surface area contributed by atoms with Gasteiger partial charge in [0.05, 0.1) is 22.8 Å². The van der Waals surface area contributed by atoms with Gasteiger partial charge in [0.1, 0.15) is 5.84 Å². The maximum Gasteiger partial charge on any atom is 0.115 e. The minimum atomic E-state index is 0.619. The van der Waals surface area contributed by atoms with E-state index in [4.69, 9.17) is 21.6 Å². The van der Waals surface area contributed by atoms with Crippen LogP contribution >= 0.6 is 27.5 Å². The molecule has 0 saturated carbocycles. The van der Waals surface area contributed by atoms with Crippen LogP contribution in [0.25, 0.3) is 0 Å². The Morgan fingerprint density at radius 3 is 2.19 bits per heavy atom. The number of hydrogen-bond donors (Lipinski definition) is 0. The van der Waals surface area contributed by atoms with Crippen LogP contribution in [0.15, 0.2) is 87.3 Å². The third-order valence-corrected chi connectivity index (χ3v) is 5.41. The first-order chi connectivity index (χ1) is 13.1. The highest BCUT2D eigenvalue weighted by atomic mass is 79.9. The zero-order valence-electron chi connectivity index (χ0n) is 14.7. The lowest BCUT2D eigenvalue weighted by Gasteiger charge is -2.22. The SMILES string of the molecule is CN(C1=Nc2ccccc2N=C(c2ccc(Cl)cc2)C1)c1ccccc1Br. The van der Waals surface area contributed by atoms with Gasteiger partial charge in [-0.1, -0.05) is 48.0 Å². The van der Waals surface area contributed by atoms with Gasteiger partial charge in [-0.2, -0.15) is 0 Å². The molecule has 0 atom stereocenters. The fraction of sp³-hybridized carbons (Fsp3) is 0.0909. The number of rotatable bonds is 2.